The van der Waals surface area contributed by atoms with Gasteiger partial charge in [-0.1, -0.05) is 30.3 Å². The van der Waals surface area contributed by atoms with Crippen molar-refractivity contribution in [3.8, 4) is 0 Å². The van der Waals surface area contributed by atoms with Crippen molar-refractivity contribution in [2.45, 2.75) is 12.9 Å². The molecule has 0 radical (unpaired) electrons. The maximum atomic E-state index is 11.8. The molecule has 1 N–H and O–H groups in total. The van der Waals surface area contributed by atoms with Gasteiger partial charge >= 0.3 is 5.97 Å². The molecular weight excluding hydrogens is 194 g/mol. The van der Waals surface area contributed by atoms with Gasteiger partial charge in [-0.2, -0.15) is 0 Å². The zero-order valence-corrected chi connectivity index (χ0v) is 7.69. The number of carbonyl (C=O) groups excluding carboxylic acids is 2. The summed E-state index contributed by atoms with van der Waals surface area (Å²) < 4.78 is 45.8. The van der Waals surface area contributed by atoms with Crippen LogP contribution in [0.25, 0.3) is 0 Å². The Bertz CT molecular complexity index is 511. The molecule has 0 bridgehead atoms. The fourth-order valence-corrected chi connectivity index (χ4v) is 1.11. The van der Waals surface area contributed by atoms with E-state index in [4.69, 9.17) is 8.22 Å². The average molecular weight is 213 g/mol. The SMILES string of the molecule is [2H]C([2H])([2H])OC(=O)[C@@H](NC(=O)C([2H])([2H])[2H])c1ccccc1. The first kappa shape index (κ1) is 5.30. The lowest BCUT2D eigenvalue weighted by Crippen LogP contribution is -2.32. The lowest BCUT2D eigenvalue weighted by Gasteiger charge is -2.15. The zero-order chi connectivity index (χ0) is 16.3. The summed E-state index contributed by atoms with van der Waals surface area (Å²) in [5, 5.41) is 1.97. The highest BCUT2D eigenvalue weighted by atomic mass is 16.5. The van der Waals surface area contributed by atoms with Gasteiger partial charge in [-0.05, 0) is 5.56 Å². The van der Waals surface area contributed by atoms with Gasteiger partial charge in [0, 0.05) is 11.0 Å². The number of ether oxygens (including phenoxy) is 1. The number of esters is 1. The fourth-order valence-electron chi connectivity index (χ4n) is 1.11. The summed E-state index contributed by atoms with van der Waals surface area (Å²) in [5.41, 5.74) is 0.212. The molecule has 0 aliphatic heterocycles. The summed E-state index contributed by atoms with van der Waals surface area (Å²) in [4.78, 5) is 23.3. The molecule has 0 spiro atoms. The molecule has 4 nitrogen and oxygen atoms in total. The van der Waals surface area contributed by atoms with Crippen LogP contribution >= 0.6 is 0 Å². The summed E-state index contributed by atoms with van der Waals surface area (Å²) in [6, 6.07) is 6.09. The molecule has 0 saturated carbocycles. The van der Waals surface area contributed by atoms with Gasteiger partial charge in [0.2, 0.25) is 5.91 Å². The van der Waals surface area contributed by atoms with E-state index in [1.807, 2.05) is 5.32 Å². The van der Waals surface area contributed by atoms with Crippen molar-refractivity contribution in [3.05, 3.63) is 35.9 Å². The normalized spacial score (nSPS) is 19.2. The maximum absolute atomic E-state index is 11.8. The van der Waals surface area contributed by atoms with Gasteiger partial charge in [0.1, 0.15) is 0 Å². The van der Waals surface area contributed by atoms with Crippen LogP contribution in [-0.2, 0) is 14.3 Å². The Labute approximate surface area is 96.7 Å². The van der Waals surface area contributed by atoms with E-state index in [9.17, 15) is 9.59 Å². The van der Waals surface area contributed by atoms with Crippen molar-refractivity contribution in [1.29, 1.82) is 0 Å². The van der Waals surface area contributed by atoms with Gasteiger partial charge < -0.3 is 10.1 Å². The second-order valence-corrected chi connectivity index (χ2v) is 2.74. The smallest absolute Gasteiger partial charge is 0.333 e. The molecule has 80 valence electrons. The Hall–Kier alpha value is -1.84. The summed E-state index contributed by atoms with van der Waals surface area (Å²) in [5.74, 6) is -2.64. The van der Waals surface area contributed by atoms with Crippen molar-refractivity contribution in [1.82, 2.24) is 5.32 Å². The molecule has 1 aromatic rings. The molecule has 0 aromatic heterocycles. The quantitative estimate of drug-likeness (QED) is 0.763. The molecule has 0 heterocycles. The van der Waals surface area contributed by atoms with Crippen LogP contribution in [0.2, 0.25) is 0 Å². The number of carbonyl (C=O) groups is 2. The van der Waals surface area contributed by atoms with Gasteiger partial charge in [-0.3, -0.25) is 4.79 Å². The van der Waals surface area contributed by atoms with Crippen molar-refractivity contribution < 1.29 is 22.6 Å². The van der Waals surface area contributed by atoms with Crippen molar-refractivity contribution >= 4 is 11.9 Å². The third-order valence-electron chi connectivity index (χ3n) is 1.74. The topological polar surface area (TPSA) is 55.4 Å². The third-order valence-corrected chi connectivity index (χ3v) is 1.74. The molecule has 1 aromatic carbocycles. The highest BCUT2D eigenvalue weighted by molar-refractivity contribution is 5.84. The number of benzene rings is 1. The van der Waals surface area contributed by atoms with E-state index < -0.39 is 31.8 Å². The van der Waals surface area contributed by atoms with E-state index in [0.29, 0.717) is 0 Å². The number of hydrogen-bond donors (Lipinski definition) is 1. The number of hydrogen-bond acceptors (Lipinski definition) is 3. The van der Waals surface area contributed by atoms with Crippen LogP contribution in [0.4, 0.5) is 0 Å². The summed E-state index contributed by atoms with van der Waals surface area (Å²) in [6.45, 7) is -2.96. The largest absolute Gasteiger partial charge is 0.467 e. The van der Waals surface area contributed by atoms with Gasteiger partial charge in [-0.25, -0.2) is 4.79 Å². The van der Waals surface area contributed by atoms with Gasteiger partial charge in [0.25, 0.3) is 0 Å². The zero-order valence-electron chi connectivity index (χ0n) is 13.7. The summed E-state index contributed by atoms with van der Waals surface area (Å²) in [7, 11) is -2.99. The third kappa shape index (κ3) is 3.09. The van der Waals surface area contributed by atoms with Crippen LogP contribution in [0.5, 0.6) is 0 Å². The molecule has 15 heavy (non-hydrogen) atoms. The van der Waals surface area contributed by atoms with Crippen LogP contribution in [0.15, 0.2) is 30.3 Å². The highest BCUT2D eigenvalue weighted by Crippen LogP contribution is 2.13. The first-order valence-corrected chi connectivity index (χ1v) is 4.09. The fraction of sp³-hybridized carbons (Fsp3) is 0.273. The van der Waals surface area contributed by atoms with Crippen molar-refractivity contribution in [2.75, 3.05) is 7.04 Å². The van der Waals surface area contributed by atoms with E-state index >= 15 is 0 Å². The van der Waals surface area contributed by atoms with Crippen LogP contribution in [0, 0.1) is 0 Å². The Morgan fingerprint density at radius 2 is 2.13 bits per heavy atom. The van der Waals surface area contributed by atoms with E-state index in [1.54, 1.807) is 18.2 Å². The molecule has 0 aliphatic carbocycles. The molecule has 0 fully saturated rings. The molecule has 4 heteroatoms. The number of amides is 1. The van der Waals surface area contributed by atoms with Gasteiger partial charge in [0.05, 0.1) is 11.2 Å². The monoisotopic (exact) mass is 213 g/mol. The van der Waals surface area contributed by atoms with Gasteiger partial charge in [-0.15, -0.1) is 0 Å². The Morgan fingerprint density at radius 1 is 1.40 bits per heavy atom. The minimum Gasteiger partial charge on any atom is -0.467 e. The van der Waals surface area contributed by atoms with E-state index in [1.165, 1.54) is 12.1 Å². The first-order chi connectivity index (χ1) is 9.50. The van der Waals surface area contributed by atoms with E-state index in [-0.39, 0.29) is 5.56 Å². The van der Waals surface area contributed by atoms with Crippen LogP contribution < -0.4 is 5.32 Å². The predicted molar refractivity (Wildman–Crippen MR) is 55.0 cm³/mol. The average Bonchev–Trinajstić information content (AvgIpc) is 2.33. The van der Waals surface area contributed by atoms with Crippen molar-refractivity contribution in [3.63, 3.8) is 0 Å². The van der Waals surface area contributed by atoms with Crippen LogP contribution in [-0.4, -0.2) is 18.9 Å². The maximum Gasteiger partial charge on any atom is 0.333 e. The second-order valence-electron chi connectivity index (χ2n) is 2.74. The molecule has 1 atom stereocenters. The minimum atomic E-state index is -2.99. The van der Waals surface area contributed by atoms with E-state index in [0.717, 1.165) is 0 Å². The second kappa shape index (κ2) is 5.14. The number of rotatable bonds is 3. The molecular formula is C11H13NO3. The number of nitrogens with one attached hydrogen (secondary N) is 1. The highest BCUT2D eigenvalue weighted by Gasteiger charge is 2.21. The molecule has 0 aliphatic rings. The first-order valence-electron chi connectivity index (χ1n) is 7.09. The van der Waals surface area contributed by atoms with Crippen LogP contribution in [0.3, 0.4) is 0 Å². The lowest BCUT2D eigenvalue weighted by atomic mass is 10.1. The lowest BCUT2D eigenvalue weighted by molar-refractivity contribution is -0.145. The number of methoxy groups -OCH3 is 1. The molecule has 0 unspecified atom stereocenters. The van der Waals surface area contributed by atoms with E-state index in [2.05, 4.69) is 4.74 Å². The standard InChI is InChI=1S/C11H13NO3/c1-8(13)12-10(11(14)15-2)9-6-4-3-5-7-9/h3-7,10H,1-2H3,(H,12,13)/t10-/m0/s1/i1D3,2D3. The van der Waals surface area contributed by atoms with Crippen LogP contribution in [0.1, 0.15) is 26.7 Å². The summed E-state index contributed by atoms with van der Waals surface area (Å²) in [6.07, 6.45) is 0. The Kier molecular flexibility index (Phi) is 1.82. The predicted octanol–water partition coefficient (Wildman–Crippen LogP) is 1.04. The summed E-state index contributed by atoms with van der Waals surface area (Å²) >= 11 is 0. The molecule has 0 saturated heterocycles. The Morgan fingerprint density at radius 3 is 2.73 bits per heavy atom. The van der Waals surface area contributed by atoms with Gasteiger partial charge in [0.15, 0.2) is 6.04 Å². The Balaban J connectivity index is 3.02. The van der Waals surface area contributed by atoms with Crippen molar-refractivity contribution in [2.24, 2.45) is 0 Å². The minimum absolute atomic E-state index is 0.212. The molecule has 1 amide bonds. The molecule has 1 rings (SSSR count).